The minimum atomic E-state index is -0.276. The van der Waals surface area contributed by atoms with Gasteiger partial charge in [0.05, 0.1) is 8.31 Å². The van der Waals surface area contributed by atoms with Crippen molar-refractivity contribution in [1.82, 2.24) is 0 Å². The molecule has 0 saturated carbocycles. The van der Waals surface area contributed by atoms with Crippen LogP contribution >= 0.6 is 12.6 Å². The summed E-state index contributed by atoms with van der Waals surface area (Å²) in [5, 5.41) is 0. The van der Waals surface area contributed by atoms with E-state index in [-0.39, 0.29) is 17.6 Å². The van der Waals surface area contributed by atoms with Gasteiger partial charge in [0.1, 0.15) is 9.28 Å². The Bertz CT molecular complexity index is 85.8. The van der Waals surface area contributed by atoms with Crippen LogP contribution in [0.15, 0.2) is 0 Å². The molecule has 0 aromatic carbocycles. The average Bonchev–Trinajstić information content (AvgIpc) is 2.03. The number of thiol groups is 1. The van der Waals surface area contributed by atoms with E-state index in [1.165, 1.54) is 18.9 Å². The number of rotatable bonds is 3. The summed E-state index contributed by atoms with van der Waals surface area (Å²) in [5.41, 5.74) is 0. The van der Waals surface area contributed by atoms with Crippen molar-refractivity contribution in [3.63, 3.8) is 0 Å². The maximum atomic E-state index is 5.55. The molecular formula is C6H16OSSi2. The second-order valence-electron chi connectivity index (χ2n) is 2.95. The first kappa shape index (κ1) is 8.84. The standard InChI is InChI=1S/C6H16OSSi2/c8-4-2-6-10-5-1-3-7-9-10/h8,10H,1-6,9H2. The second-order valence-corrected chi connectivity index (χ2v) is 11.5. The first-order valence-corrected chi connectivity index (χ1v) is 10.2. The molecule has 0 bridgehead atoms. The van der Waals surface area contributed by atoms with Crippen molar-refractivity contribution in [2.75, 3.05) is 12.4 Å². The van der Waals surface area contributed by atoms with Crippen molar-refractivity contribution < 1.29 is 4.43 Å². The lowest BCUT2D eigenvalue weighted by Crippen LogP contribution is -2.29. The Morgan fingerprint density at radius 2 is 2.50 bits per heavy atom. The molecule has 1 saturated heterocycles. The zero-order chi connectivity index (χ0) is 7.23. The van der Waals surface area contributed by atoms with Crippen LogP contribution in [0.4, 0.5) is 0 Å². The van der Waals surface area contributed by atoms with Gasteiger partial charge in [-0.25, -0.2) is 0 Å². The molecule has 60 valence electrons. The molecule has 10 heavy (non-hydrogen) atoms. The Hall–Kier alpha value is 0.744. The van der Waals surface area contributed by atoms with E-state index in [1.54, 1.807) is 6.04 Å². The summed E-state index contributed by atoms with van der Waals surface area (Å²) in [4.78, 5) is 0. The quantitative estimate of drug-likeness (QED) is 0.507. The summed E-state index contributed by atoms with van der Waals surface area (Å²) in [6.07, 6.45) is 2.70. The van der Waals surface area contributed by atoms with Crippen molar-refractivity contribution in [1.29, 1.82) is 0 Å². The van der Waals surface area contributed by atoms with E-state index in [0.717, 1.165) is 12.4 Å². The van der Waals surface area contributed by atoms with E-state index in [4.69, 9.17) is 4.43 Å². The van der Waals surface area contributed by atoms with E-state index < -0.39 is 0 Å². The molecule has 0 amide bonds. The van der Waals surface area contributed by atoms with Crippen molar-refractivity contribution in [3.05, 3.63) is 0 Å². The highest BCUT2D eigenvalue weighted by Gasteiger charge is 2.14. The summed E-state index contributed by atoms with van der Waals surface area (Å²) in [5.74, 6) is 1.08. The Morgan fingerprint density at radius 3 is 3.10 bits per heavy atom. The predicted octanol–water partition coefficient (Wildman–Crippen LogP) is 0.534. The van der Waals surface area contributed by atoms with Gasteiger partial charge in [-0.1, -0.05) is 12.1 Å². The monoisotopic (exact) mass is 192 g/mol. The van der Waals surface area contributed by atoms with Crippen LogP contribution in [-0.4, -0.2) is 30.0 Å². The van der Waals surface area contributed by atoms with Gasteiger partial charge in [-0.2, -0.15) is 12.6 Å². The zero-order valence-electron chi connectivity index (χ0n) is 6.38. The highest BCUT2D eigenvalue weighted by molar-refractivity contribution is 7.80. The van der Waals surface area contributed by atoms with E-state index in [2.05, 4.69) is 12.6 Å². The van der Waals surface area contributed by atoms with Crippen molar-refractivity contribution in [3.8, 4) is 0 Å². The summed E-state index contributed by atoms with van der Waals surface area (Å²) in [7, 11) is -0.269. The molecule has 1 heterocycles. The molecule has 1 unspecified atom stereocenters. The van der Waals surface area contributed by atoms with Gasteiger partial charge in [-0.15, -0.1) is 0 Å². The molecule has 1 rings (SSSR count). The second kappa shape index (κ2) is 5.40. The van der Waals surface area contributed by atoms with Crippen LogP contribution in [0.1, 0.15) is 12.8 Å². The lowest BCUT2D eigenvalue weighted by Gasteiger charge is -2.19. The Morgan fingerprint density at radius 1 is 1.60 bits per heavy atom. The SMILES string of the molecule is SCCC[SiH]1CCCO[SiH2]1. The fourth-order valence-electron chi connectivity index (χ4n) is 1.42. The van der Waals surface area contributed by atoms with Crippen molar-refractivity contribution >= 4 is 30.2 Å². The summed E-state index contributed by atoms with van der Waals surface area (Å²) < 4.78 is 5.55. The molecule has 1 nitrogen and oxygen atoms in total. The van der Waals surface area contributed by atoms with Crippen LogP contribution < -0.4 is 0 Å². The number of hydrogen-bond donors (Lipinski definition) is 1. The highest BCUT2D eigenvalue weighted by atomic mass is 32.1. The van der Waals surface area contributed by atoms with Gasteiger partial charge in [0, 0.05) is 6.61 Å². The number of hydrogen-bond acceptors (Lipinski definition) is 2. The van der Waals surface area contributed by atoms with Crippen LogP contribution in [0, 0.1) is 0 Å². The van der Waals surface area contributed by atoms with Gasteiger partial charge >= 0.3 is 0 Å². The third-order valence-electron chi connectivity index (χ3n) is 2.03. The van der Waals surface area contributed by atoms with Gasteiger partial charge in [-0.3, -0.25) is 0 Å². The molecule has 1 atom stereocenters. The van der Waals surface area contributed by atoms with Crippen LogP contribution in [-0.2, 0) is 4.43 Å². The Labute approximate surface area is 72.3 Å². The van der Waals surface area contributed by atoms with Crippen molar-refractivity contribution in [2.24, 2.45) is 0 Å². The Balaban J connectivity index is 2.02. The summed E-state index contributed by atoms with van der Waals surface area (Å²) >= 11 is 4.22. The normalized spacial score (nSPS) is 29.1. The maximum absolute atomic E-state index is 5.55. The molecule has 0 spiro atoms. The first-order chi connectivity index (χ1) is 4.93. The minimum absolute atomic E-state index is 0.00710. The molecule has 0 aliphatic carbocycles. The van der Waals surface area contributed by atoms with Gasteiger partial charge in [0.2, 0.25) is 0 Å². The molecule has 0 aromatic rings. The minimum Gasteiger partial charge on any atom is -0.428 e. The molecule has 0 radical (unpaired) electrons. The van der Waals surface area contributed by atoms with Crippen LogP contribution in [0.2, 0.25) is 12.1 Å². The summed E-state index contributed by atoms with van der Waals surface area (Å²) in [6.45, 7) is 1.08. The van der Waals surface area contributed by atoms with Crippen LogP contribution in [0.25, 0.3) is 0 Å². The molecule has 1 aliphatic heterocycles. The highest BCUT2D eigenvalue weighted by Crippen LogP contribution is 2.10. The summed E-state index contributed by atoms with van der Waals surface area (Å²) in [6, 6.07) is 3.08. The third kappa shape index (κ3) is 3.23. The molecule has 1 aliphatic rings. The first-order valence-electron chi connectivity index (χ1n) is 4.12. The van der Waals surface area contributed by atoms with Crippen molar-refractivity contribution in [2.45, 2.75) is 24.9 Å². The molecular weight excluding hydrogens is 176 g/mol. The fourth-order valence-corrected chi connectivity index (χ4v) is 9.02. The molecule has 0 aromatic heterocycles. The van der Waals surface area contributed by atoms with Gasteiger partial charge in [0.15, 0.2) is 0 Å². The molecule has 4 heteroatoms. The zero-order valence-corrected chi connectivity index (χ0v) is 9.85. The smallest absolute Gasteiger partial charge is 0.147 e. The molecule has 1 fully saturated rings. The molecule has 0 N–H and O–H groups in total. The van der Waals surface area contributed by atoms with Gasteiger partial charge in [-0.05, 0) is 18.6 Å². The van der Waals surface area contributed by atoms with Crippen LogP contribution in [0.5, 0.6) is 0 Å². The van der Waals surface area contributed by atoms with Crippen LogP contribution in [0.3, 0.4) is 0 Å². The fraction of sp³-hybridized carbons (Fsp3) is 1.00. The Kier molecular flexibility index (Phi) is 4.77. The topological polar surface area (TPSA) is 9.23 Å². The van der Waals surface area contributed by atoms with Gasteiger partial charge < -0.3 is 4.43 Å². The lowest BCUT2D eigenvalue weighted by atomic mass is 10.5. The van der Waals surface area contributed by atoms with Gasteiger partial charge in [0.25, 0.3) is 0 Å². The maximum Gasteiger partial charge on any atom is 0.147 e. The average molecular weight is 192 g/mol. The lowest BCUT2D eigenvalue weighted by molar-refractivity contribution is 0.335. The van der Waals surface area contributed by atoms with E-state index >= 15 is 0 Å². The van der Waals surface area contributed by atoms with E-state index in [1.807, 2.05) is 0 Å². The van der Waals surface area contributed by atoms with E-state index in [9.17, 15) is 0 Å². The largest absolute Gasteiger partial charge is 0.428 e. The predicted molar refractivity (Wildman–Crippen MR) is 54.3 cm³/mol. The van der Waals surface area contributed by atoms with E-state index in [0.29, 0.717) is 0 Å². The third-order valence-corrected chi connectivity index (χ3v) is 10.4.